The minimum Gasteiger partial charge on any atom is -0.310 e. The van der Waals surface area contributed by atoms with Gasteiger partial charge in [0.2, 0.25) is 0 Å². The predicted molar refractivity (Wildman–Crippen MR) is 117 cm³/mol. The van der Waals surface area contributed by atoms with Crippen LogP contribution in [0, 0.1) is 0 Å². The highest BCUT2D eigenvalue weighted by molar-refractivity contribution is 6.04. The topological polar surface area (TPSA) is 75.9 Å². The standard InChI is InChI=1S/C23H26N6O/c1-4-11-28-12-10-17-8-9-18(13-19(17)14-28)23(30)26-21-7-5-6-20(25-21)22-27-24-15-29(22)16(2)3/h4-9,13,15-16H,1,10-12,14H2,2-3H3,(H,25,26,30). The summed E-state index contributed by atoms with van der Waals surface area (Å²) in [6.07, 6.45) is 4.60. The van der Waals surface area contributed by atoms with E-state index in [0.29, 0.717) is 22.9 Å². The molecule has 2 aromatic heterocycles. The van der Waals surface area contributed by atoms with Gasteiger partial charge in [0.15, 0.2) is 5.82 Å². The molecular formula is C23H26N6O. The highest BCUT2D eigenvalue weighted by atomic mass is 16.1. The quantitative estimate of drug-likeness (QED) is 0.636. The number of hydrogen-bond acceptors (Lipinski definition) is 5. The first kappa shape index (κ1) is 20.0. The van der Waals surface area contributed by atoms with Crippen molar-refractivity contribution in [1.29, 1.82) is 0 Å². The summed E-state index contributed by atoms with van der Waals surface area (Å²) in [5, 5.41) is 11.1. The van der Waals surface area contributed by atoms with Crippen molar-refractivity contribution in [3.8, 4) is 11.5 Å². The van der Waals surface area contributed by atoms with E-state index in [2.05, 4.69) is 51.9 Å². The lowest BCUT2D eigenvalue weighted by molar-refractivity contribution is 0.102. The van der Waals surface area contributed by atoms with Crippen LogP contribution in [0.5, 0.6) is 0 Å². The van der Waals surface area contributed by atoms with Gasteiger partial charge in [0.1, 0.15) is 17.8 Å². The summed E-state index contributed by atoms with van der Waals surface area (Å²) in [5.41, 5.74) is 3.80. The summed E-state index contributed by atoms with van der Waals surface area (Å²) >= 11 is 0. The van der Waals surface area contributed by atoms with E-state index in [0.717, 1.165) is 26.1 Å². The summed E-state index contributed by atoms with van der Waals surface area (Å²) in [7, 11) is 0. The van der Waals surface area contributed by atoms with E-state index < -0.39 is 0 Å². The lowest BCUT2D eigenvalue weighted by atomic mass is 9.97. The predicted octanol–water partition coefficient (Wildman–Crippen LogP) is 3.72. The zero-order valence-corrected chi connectivity index (χ0v) is 17.4. The molecule has 1 aromatic carbocycles. The number of hydrogen-bond donors (Lipinski definition) is 1. The number of rotatable bonds is 6. The van der Waals surface area contributed by atoms with Crippen LogP contribution in [0.2, 0.25) is 0 Å². The summed E-state index contributed by atoms with van der Waals surface area (Å²) in [4.78, 5) is 19.8. The number of pyridine rings is 1. The molecule has 1 N–H and O–H groups in total. The fourth-order valence-electron chi connectivity index (χ4n) is 3.72. The number of aromatic nitrogens is 4. The van der Waals surface area contributed by atoms with Crippen molar-refractivity contribution in [1.82, 2.24) is 24.6 Å². The summed E-state index contributed by atoms with van der Waals surface area (Å²) in [6.45, 7) is 10.6. The Bertz CT molecular complexity index is 1070. The Morgan fingerprint density at radius 2 is 2.13 bits per heavy atom. The molecule has 0 aliphatic carbocycles. The Balaban J connectivity index is 1.53. The number of carbonyl (C=O) groups excluding carboxylic acids is 1. The SMILES string of the molecule is C=CCN1CCc2ccc(C(=O)Nc3cccc(-c4nncn4C(C)C)n3)cc2C1. The monoisotopic (exact) mass is 402 g/mol. The van der Waals surface area contributed by atoms with Crippen LogP contribution in [0.4, 0.5) is 5.82 Å². The van der Waals surface area contributed by atoms with Crippen molar-refractivity contribution in [3.05, 3.63) is 72.1 Å². The second kappa shape index (κ2) is 8.59. The van der Waals surface area contributed by atoms with Crippen LogP contribution in [-0.2, 0) is 13.0 Å². The van der Waals surface area contributed by atoms with Crippen molar-refractivity contribution < 1.29 is 4.79 Å². The molecule has 4 rings (SSSR count). The molecule has 0 fully saturated rings. The molecule has 0 bridgehead atoms. The maximum absolute atomic E-state index is 12.9. The first-order valence-corrected chi connectivity index (χ1v) is 10.2. The molecule has 1 aliphatic heterocycles. The van der Waals surface area contributed by atoms with Gasteiger partial charge in [-0.15, -0.1) is 16.8 Å². The summed E-state index contributed by atoms with van der Waals surface area (Å²) in [6, 6.07) is 11.6. The number of anilines is 1. The van der Waals surface area contributed by atoms with Crippen LogP contribution < -0.4 is 5.32 Å². The molecule has 0 radical (unpaired) electrons. The van der Waals surface area contributed by atoms with Crippen LogP contribution in [0.25, 0.3) is 11.5 Å². The molecule has 0 spiro atoms. The molecule has 3 heterocycles. The number of fused-ring (bicyclic) bond motifs is 1. The Morgan fingerprint density at radius 3 is 2.93 bits per heavy atom. The number of nitrogens with one attached hydrogen (secondary N) is 1. The molecule has 3 aromatic rings. The lowest BCUT2D eigenvalue weighted by Crippen LogP contribution is -2.30. The third-order valence-electron chi connectivity index (χ3n) is 5.30. The van der Waals surface area contributed by atoms with E-state index in [1.54, 1.807) is 12.4 Å². The molecular weight excluding hydrogens is 376 g/mol. The van der Waals surface area contributed by atoms with Gasteiger partial charge in [-0.3, -0.25) is 9.69 Å². The maximum Gasteiger partial charge on any atom is 0.256 e. The largest absolute Gasteiger partial charge is 0.310 e. The molecule has 1 aliphatic rings. The zero-order valence-electron chi connectivity index (χ0n) is 17.4. The van der Waals surface area contributed by atoms with Gasteiger partial charge in [0.25, 0.3) is 5.91 Å². The Morgan fingerprint density at radius 1 is 1.27 bits per heavy atom. The first-order chi connectivity index (χ1) is 14.5. The van der Waals surface area contributed by atoms with Gasteiger partial charge in [-0.05, 0) is 55.7 Å². The lowest BCUT2D eigenvalue weighted by Gasteiger charge is -2.28. The third-order valence-corrected chi connectivity index (χ3v) is 5.30. The molecule has 1 amide bonds. The molecule has 0 saturated carbocycles. The number of carbonyl (C=O) groups is 1. The maximum atomic E-state index is 12.9. The van der Waals surface area contributed by atoms with Crippen LogP contribution in [0.1, 0.15) is 41.4 Å². The van der Waals surface area contributed by atoms with Crippen molar-refractivity contribution in [2.45, 2.75) is 32.9 Å². The van der Waals surface area contributed by atoms with Crippen LogP contribution in [-0.4, -0.2) is 43.6 Å². The molecule has 0 unspecified atom stereocenters. The highest BCUT2D eigenvalue weighted by Crippen LogP contribution is 2.22. The third kappa shape index (κ3) is 4.16. The Hall–Kier alpha value is -3.32. The fourth-order valence-corrected chi connectivity index (χ4v) is 3.72. The van der Waals surface area contributed by atoms with Gasteiger partial charge >= 0.3 is 0 Å². The van der Waals surface area contributed by atoms with E-state index in [9.17, 15) is 4.79 Å². The van der Waals surface area contributed by atoms with Gasteiger partial charge in [-0.2, -0.15) is 0 Å². The summed E-state index contributed by atoms with van der Waals surface area (Å²) < 4.78 is 1.95. The average Bonchev–Trinajstić information content (AvgIpc) is 3.24. The minimum atomic E-state index is -0.173. The molecule has 30 heavy (non-hydrogen) atoms. The van der Waals surface area contributed by atoms with E-state index in [4.69, 9.17) is 0 Å². The Labute approximate surface area is 176 Å². The molecule has 0 saturated heterocycles. The van der Waals surface area contributed by atoms with Crippen molar-refractivity contribution >= 4 is 11.7 Å². The van der Waals surface area contributed by atoms with E-state index in [-0.39, 0.29) is 11.9 Å². The smallest absolute Gasteiger partial charge is 0.256 e. The van der Waals surface area contributed by atoms with Crippen molar-refractivity contribution in [2.24, 2.45) is 0 Å². The fraction of sp³-hybridized carbons (Fsp3) is 0.304. The van der Waals surface area contributed by atoms with Gasteiger partial charge in [0, 0.05) is 31.2 Å². The molecule has 7 heteroatoms. The second-order valence-electron chi connectivity index (χ2n) is 7.78. The zero-order chi connectivity index (χ0) is 21.1. The van der Waals surface area contributed by atoms with Crippen molar-refractivity contribution in [3.63, 3.8) is 0 Å². The molecule has 0 atom stereocenters. The van der Waals surface area contributed by atoms with Gasteiger partial charge in [-0.1, -0.05) is 18.2 Å². The van der Waals surface area contributed by atoms with E-state index in [1.165, 1.54) is 11.1 Å². The Kier molecular flexibility index (Phi) is 5.72. The highest BCUT2D eigenvalue weighted by Gasteiger charge is 2.18. The van der Waals surface area contributed by atoms with Crippen LogP contribution >= 0.6 is 0 Å². The van der Waals surface area contributed by atoms with Gasteiger partial charge < -0.3 is 9.88 Å². The number of nitrogens with zero attached hydrogens (tertiary/aromatic N) is 5. The normalized spacial score (nSPS) is 13.8. The van der Waals surface area contributed by atoms with E-state index >= 15 is 0 Å². The molecule has 154 valence electrons. The second-order valence-corrected chi connectivity index (χ2v) is 7.78. The number of amides is 1. The van der Waals surface area contributed by atoms with Crippen molar-refractivity contribution in [2.75, 3.05) is 18.4 Å². The number of benzene rings is 1. The van der Waals surface area contributed by atoms with Crippen LogP contribution in [0.15, 0.2) is 55.4 Å². The van der Waals surface area contributed by atoms with Crippen LogP contribution in [0.3, 0.4) is 0 Å². The minimum absolute atomic E-state index is 0.173. The molecule has 7 nitrogen and oxygen atoms in total. The van der Waals surface area contributed by atoms with E-state index in [1.807, 2.05) is 34.9 Å². The van der Waals surface area contributed by atoms with Gasteiger partial charge in [-0.25, -0.2) is 4.98 Å². The van der Waals surface area contributed by atoms with Gasteiger partial charge in [0.05, 0.1) is 0 Å². The summed E-state index contributed by atoms with van der Waals surface area (Å²) in [5.74, 6) is 0.993. The average molecular weight is 403 g/mol. The first-order valence-electron chi connectivity index (χ1n) is 10.2.